The van der Waals surface area contributed by atoms with E-state index in [1.165, 1.54) is 0 Å². The molecule has 1 aliphatic rings. The van der Waals surface area contributed by atoms with Crippen molar-refractivity contribution < 1.29 is 9.59 Å². The van der Waals surface area contributed by atoms with Crippen molar-refractivity contribution in [3.8, 4) is 0 Å². The molecule has 0 aromatic heterocycles. The predicted octanol–water partition coefficient (Wildman–Crippen LogP) is 0.128. The average molecular weight is 198 g/mol. The molecule has 0 aromatic rings. The van der Waals surface area contributed by atoms with Crippen LogP contribution in [-0.4, -0.2) is 54.7 Å². The molecule has 1 amide bonds. The monoisotopic (exact) mass is 198 g/mol. The summed E-state index contributed by atoms with van der Waals surface area (Å²) in [6.07, 6.45) is 1.54. The Morgan fingerprint density at radius 3 is 2.64 bits per heavy atom. The minimum atomic E-state index is -0.172. The second-order valence-electron chi connectivity index (χ2n) is 4.02. The molecule has 1 heterocycles. The Balaban J connectivity index is 2.55. The van der Waals surface area contributed by atoms with Gasteiger partial charge in [-0.05, 0) is 19.9 Å². The number of carbonyl (C=O) groups excluding carboxylic acids is 2. The molecule has 0 N–H and O–H groups in total. The third-order valence-corrected chi connectivity index (χ3v) is 2.63. The molecule has 80 valence electrons. The Kier molecular flexibility index (Phi) is 3.63. The minimum absolute atomic E-state index is 0.0692. The van der Waals surface area contributed by atoms with Gasteiger partial charge in [0.2, 0.25) is 5.91 Å². The molecule has 1 saturated heterocycles. The standard InChI is InChI=1S/C10H18N2O2/c1-8(10(14)11(2)3)12-6-4-5-9(13)7-12/h8H,4-7H2,1-3H3. The van der Waals surface area contributed by atoms with Crippen molar-refractivity contribution in [1.29, 1.82) is 0 Å². The van der Waals surface area contributed by atoms with E-state index in [0.29, 0.717) is 13.0 Å². The van der Waals surface area contributed by atoms with Crippen molar-refractivity contribution in [3.63, 3.8) is 0 Å². The van der Waals surface area contributed by atoms with Crippen molar-refractivity contribution >= 4 is 11.7 Å². The van der Waals surface area contributed by atoms with Gasteiger partial charge in [-0.1, -0.05) is 0 Å². The van der Waals surface area contributed by atoms with Crippen molar-refractivity contribution in [2.45, 2.75) is 25.8 Å². The first kappa shape index (κ1) is 11.2. The maximum Gasteiger partial charge on any atom is 0.239 e. The number of hydrogen-bond donors (Lipinski definition) is 0. The highest BCUT2D eigenvalue weighted by Crippen LogP contribution is 2.10. The summed E-state index contributed by atoms with van der Waals surface area (Å²) in [5.41, 5.74) is 0. The Labute approximate surface area is 84.9 Å². The molecule has 0 bridgehead atoms. The van der Waals surface area contributed by atoms with Crippen LogP contribution in [0.5, 0.6) is 0 Å². The van der Waals surface area contributed by atoms with E-state index in [4.69, 9.17) is 0 Å². The van der Waals surface area contributed by atoms with Crippen LogP contribution in [0, 0.1) is 0 Å². The molecule has 0 spiro atoms. The smallest absolute Gasteiger partial charge is 0.239 e. The number of piperidine rings is 1. The number of rotatable bonds is 2. The lowest BCUT2D eigenvalue weighted by Gasteiger charge is -2.31. The number of likely N-dealkylation sites (tertiary alicyclic amines) is 1. The maximum atomic E-state index is 11.6. The molecule has 0 saturated carbocycles. The molecule has 1 rings (SSSR count). The third kappa shape index (κ3) is 2.54. The summed E-state index contributed by atoms with van der Waals surface area (Å²) in [5, 5.41) is 0. The number of hydrogen-bond acceptors (Lipinski definition) is 3. The zero-order chi connectivity index (χ0) is 10.7. The van der Waals surface area contributed by atoms with Crippen LogP contribution >= 0.6 is 0 Å². The lowest BCUT2D eigenvalue weighted by molar-refractivity contribution is -0.135. The molecule has 4 nitrogen and oxygen atoms in total. The van der Waals surface area contributed by atoms with E-state index in [1.807, 2.05) is 11.8 Å². The Morgan fingerprint density at radius 1 is 1.50 bits per heavy atom. The lowest BCUT2D eigenvalue weighted by atomic mass is 10.1. The van der Waals surface area contributed by atoms with Crippen LogP contribution in [0.25, 0.3) is 0 Å². The summed E-state index contributed by atoms with van der Waals surface area (Å²) < 4.78 is 0. The minimum Gasteiger partial charge on any atom is -0.347 e. The normalized spacial score (nSPS) is 20.6. The summed E-state index contributed by atoms with van der Waals surface area (Å²) in [4.78, 5) is 26.4. The van der Waals surface area contributed by atoms with Crippen LogP contribution in [0.2, 0.25) is 0 Å². The highest BCUT2D eigenvalue weighted by molar-refractivity contribution is 5.84. The first-order valence-corrected chi connectivity index (χ1v) is 4.99. The summed E-state index contributed by atoms with van der Waals surface area (Å²) >= 11 is 0. The summed E-state index contributed by atoms with van der Waals surface area (Å²) in [5.74, 6) is 0.314. The molecule has 1 fully saturated rings. The molecule has 1 aliphatic heterocycles. The highest BCUT2D eigenvalue weighted by Gasteiger charge is 2.26. The Hall–Kier alpha value is -0.900. The fourth-order valence-corrected chi connectivity index (χ4v) is 1.72. The van der Waals surface area contributed by atoms with E-state index in [2.05, 4.69) is 0 Å². The molecule has 4 heteroatoms. The second kappa shape index (κ2) is 4.55. The van der Waals surface area contributed by atoms with Crippen molar-refractivity contribution in [3.05, 3.63) is 0 Å². The molecule has 14 heavy (non-hydrogen) atoms. The molecule has 0 aliphatic carbocycles. The van der Waals surface area contributed by atoms with Gasteiger partial charge in [0.15, 0.2) is 0 Å². The average Bonchev–Trinajstić information content (AvgIpc) is 2.15. The molecular weight excluding hydrogens is 180 g/mol. The van der Waals surface area contributed by atoms with E-state index < -0.39 is 0 Å². The number of likely N-dealkylation sites (N-methyl/N-ethyl adjacent to an activating group) is 1. The van der Waals surface area contributed by atoms with Crippen molar-refractivity contribution in [2.75, 3.05) is 27.2 Å². The third-order valence-electron chi connectivity index (χ3n) is 2.63. The first-order valence-electron chi connectivity index (χ1n) is 4.99. The van der Waals surface area contributed by atoms with Crippen LogP contribution in [0.3, 0.4) is 0 Å². The number of amides is 1. The second-order valence-corrected chi connectivity index (χ2v) is 4.02. The van der Waals surface area contributed by atoms with Gasteiger partial charge in [-0.3, -0.25) is 14.5 Å². The van der Waals surface area contributed by atoms with Gasteiger partial charge in [0, 0.05) is 20.5 Å². The SMILES string of the molecule is CC(C(=O)N(C)C)N1CCCC(=O)C1. The molecule has 1 atom stereocenters. The van der Waals surface area contributed by atoms with Crippen LogP contribution in [0.4, 0.5) is 0 Å². The Morgan fingerprint density at radius 2 is 2.14 bits per heavy atom. The molecule has 0 aromatic carbocycles. The quantitative estimate of drug-likeness (QED) is 0.633. The van der Waals surface area contributed by atoms with Crippen LogP contribution in [0.1, 0.15) is 19.8 Å². The van der Waals surface area contributed by atoms with E-state index >= 15 is 0 Å². The highest BCUT2D eigenvalue weighted by atomic mass is 16.2. The van der Waals surface area contributed by atoms with Gasteiger partial charge < -0.3 is 4.90 Å². The number of ketones is 1. The van der Waals surface area contributed by atoms with Gasteiger partial charge in [-0.25, -0.2) is 0 Å². The fourth-order valence-electron chi connectivity index (χ4n) is 1.72. The topological polar surface area (TPSA) is 40.6 Å². The summed E-state index contributed by atoms with van der Waals surface area (Å²) in [6, 6.07) is -0.172. The van der Waals surface area contributed by atoms with E-state index in [0.717, 1.165) is 13.0 Å². The van der Waals surface area contributed by atoms with Crippen LogP contribution in [-0.2, 0) is 9.59 Å². The fraction of sp³-hybridized carbons (Fsp3) is 0.800. The Bertz CT molecular complexity index is 238. The van der Waals surface area contributed by atoms with Crippen LogP contribution < -0.4 is 0 Å². The largest absolute Gasteiger partial charge is 0.347 e. The maximum absolute atomic E-state index is 11.6. The zero-order valence-corrected chi connectivity index (χ0v) is 9.12. The first-order chi connectivity index (χ1) is 6.52. The van der Waals surface area contributed by atoms with Gasteiger partial charge in [-0.15, -0.1) is 0 Å². The predicted molar refractivity (Wildman–Crippen MR) is 54.0 cm³/mol. The van der Waals surface area contributed by atoms with Crippen LogP contribution in [0.15, 0.2) is 0 Å². The lowest BCUT2D eigenvalue weighted by Crippen LogP contribution is -2.48. The number of carbonyl (C=O) groups is 2. The van der Waals surface area contributed by atoms with Gasteiger partial charge >= 0.3 is 0 Å². The number of Topliss-reactive ketones (excluding diaryl/α,β-unsaturated/α-hetero) is 1. The summed E-state index contributed by atoms with van der Waals surface area (Å²) in [6.45, 7) is 3.15. The van der Waals surface area contributed by atoms with E-state index in [9.17, 15) is 9.59 Å². The van der Waals surface area contributed by atoms with Crippen molar-refractivity contribution in [1.82, 2.24) is 9.80 Å². The van der Waals surface area contributed by atoms with Gasteiger partial charge in [0.1, 0.15) is 5.78 Å². The molecule has 0 radical (unpaired) electrons. The number of nitrogens with zero attached hydrogens (tertiary/aromatic N) is 2. The molecule has 1 unspecified atom stereocenters. The zero-order valence-electron chi connectivity index (χ0n) is 9.12. The van der Waals surface area contributed by atoms with Gasteiger partial charge in [0.05, 0.1) is 12.6 Å². The van der Waals surface area contributed by atoms with E-state index in [-0.39, 0.29) is 17.7 Å². The van der Waals surface area contributed by atoms with Gasteiger partial charge in [-0.2, -0.15) is 0 Å². The van der Waals surface area contributed by atoms with Gasteiger partial charge in [0.25, 0.3) is 0 Å². The molecular formula is C10H18N2O2. The van der Waals surface area contributed by atoms with E-state index in [1.54, 1.807) is 19.0 Å². The summed E-state index contributed by atoms with van der Waals surface area (Å²) in [7, 11) is 3.48. The van der Waals surface area contributed by atoms with Crippen molar-refractivity contribution in [2.24, 2.45) is 0 Å².